The van der Waals surface area contributed by atoms with Gasteiger partial charge in [0.25, 0.3) is 0 Å². The van der Waals surface area contributed by atoms with Crippen LogP contribution in [0.15, 0.2) is 0 Å². The molecule has 1 heterocycles. The van der Waals surface area contributed by atoms with Crippen LogP contribution in [-0.2, 0) is 4.43 Å². The normalized spacial score (nSPS) is 39.4. The third kappa shape index (κ3) is 1.98. The van der Waals surface area contributed by atoms with E-state index in [1.54, 1.807) is 0 Å². The molecule has 1 fully saturated rings. The number of rotatable bonds is 2. The minimum Gasteiger partial charge on any atom is -0.416 e. The molecule has 0 aromatic heterocycles. The van der Waals surface area contributed by atoms with Gasteiger partial charge in [0.15, 0.2) is 7.83 Å². The van der Waals surface area contributed by atoms with Crippen LogP contribution in [0.2, 0.25) is 25.7 Å². The molecule has 3 atom stereocenters. The van der Waals surface area contributed by atoms with Gasteiger partial charge in [-0.3, -0.25) is 0 Å². The van der Waals surface area contributed by atoms with E-state index in [1.807, 2.05) is 0 Å². The molecule has 84 valence electrons. The maximum atomic E-state index is 6.32. The van der Waals surface area contributed by atoms with Crippen molar-refractivity contribution in [3.05, 3.63) is 0 Å². The van der Waals surface area contributed by atoms with Gasteiger partial charge in [0.2, 0.25) is 0 Å². The molecule has 0 radical (unpaired) electrons. The van der Waals surface area contributed by atoms with E-state index in [9.17, 15) is 0 Å². The number of hydrogen-bond acceptors (Lipinski definition) is 2. The lowest BCUT2D eigenvalue weighted by molar-refractivity contribution is 0.198. The smallest absolute Gasteiger partial charge is 0.193 e. The molecule has 1 saturated heterocycles. The molecule has 0 aromatic rings. The maximum Gasteiger partial charge on any atom is 0.193 e. The molecule has 2 N–H and O–H groups in total. The first-order chi connectivity index (χ1) is 6.33. The zero-order chi connectivity index (χ0) is 11.0. The predicted molar refractivity (Wildman–Crippen MR) is 67.3 cm³/mol. The zero-order valence-electron chi connectivity index (χ0n) is 10.3. The second-order valence-corrected chi connectivity index (χ2v) is 20.0. The SMILES string of the molecule is CCC(N)[Si]1(C)OC(C)CC[Si]1(C)C. The summed E-state index contributed by atoms with van der Waals surface area (Å²) in [4.78, 5) is 0. The van der Waals surface area contributed by atoms with Crippen molar-refractivity contribution >= 4 is 15.4 Å². The van der Waals surface area contributed by atoms with Crippen molar-refractivity contribution in [2.24, 2.45) is 5.73 Å². The number of hydrogen-bond donors (Lipinski definition) is 1. The van der Waals surface area contributed by atoms with Crippen molar-refractivity contribution in [1.82, 2.24) is 0 Å². The van der Waals surface area contributed by atoms with Gasteiger partial charge in [-0.15, -0.1) is 0 Å². The molecule has 14 heavy (non-hydrogen) atoms. The molecule has 4 heteroatoms. The predicted octanol–water partition coefficient (Wildman–Crippen LogP) is 2.43. The topological polar surface area (TPSA) is 35.2 Å². The highest BCUT2D eigenvalue weighted by atomic mass is 29.3. The first-order valence-electron chi connectivity index (χ1n) is 5.77. The van der Waals surface area contributed by atoms with Crippen LogP contribution < -0.4 is 5.73 Å². The van der Waals surface area contributed by atoms with Gasteiger partial charge in [0.1, 0.15) is 0 Å². The van der Waals surface area contributed by atoms with Gasteiger partial charge < -0.3 is 10.2 Å². The van der Waals surface area contributed by atoms with Crippen molar-refractivity contribution in [2.45, 2.75) is 64.1 Å². The molecule has 0 spiro atoms. The van der Waals surface area contributed by atoms with Crippen molar-refractivity contribution in [3.8, 4) is 0 Å². The van der Waals surface area contributed by atoms with Crippen molar-refractivity contribution in [3.63, 3.8) is 0 Å². The average Bonchev–Trinajstić information content (AvgIpc) is 2.11. The Morgan fingerprint density at radius 1 is 1.43 bits per heavy atom. The van der Waals surface area contributed by atoms with E-state index in [-0.39, 0.29) is 0 Å². The molecule has 0 saturated carbocycles. The minimum absolute atomic E-state index is 0.340. The summed E-state index contributed by atoms with van der Waals surface area (Å²) in [6.07, 6.45) is 2.77. The summed E-state index contributed by atoms with van der Waals surface area (Å²) in [7, 11) is -2.79. The van der Waals surface area contributed by atoms with E-state index in [4.69, 9.17) is 10.2 Å². The monoisotopic (exact) mass is 231 g/mol. The van der Waals surface area contributed by atoms with E-state index >= 15 is 0 Å². The lowest BCUT2D eigenvalue weighted by atomic mass is 10.3. The summed E-state index contributed by atoms with van der Waals surface area (Å²) in [6.45, 7) is 11.7. The van der Waals surface area contributed by atoms with Crippen LogP contribution in [0, 0.1) is 0 Å². The second-order valence-electron chi connectivity index (χ2n) is 5.47. The lowest BCUT2D eigenvalue weighted by Crippen LogP contribution is -2.72. The first kappa shape index (κ1) is 12.4. The van der Waals surface area contributed by atoms with Gasteiger partial charge in [0, 0.05) is 11.8 Å². The average molecular weight is 231 g/mol. The van der Waals surface area contributed by atoms with Gasteiger partial charge in [-0.2, -0.15) is 0 Å². The molecule has 1 rings (SSSR count). The Balaban J connectivity index is 2.89. The fraction of sp³-hybridized carbons (Fsp3) is 1.00. The third-order valence-corrected chi connectivity index (χ3v) is 21.3. The molecule has 2 nitrogen and oxygen atoms in total. The van der Waals surface area contributed by atoms with E-state index in [2.05, 4.69) is 33.5 Å². The summed E-state index contributed by atoms with van der Waals surface area (Å²) in [6, 6.07) is 1.41. The highest BCUT2D eigenvalue weighted by Crippen LogP contribution is 2.35. The molecule has 1 aliphatic rings. The van der Waals surface area contributed by atoms with E-state index < -0.39 is 15.4 Å². The van der Waals surface area contributed by atoms with Crippen molar-refractivity contribution in [1.29, 1.82) is 0 Å². The van der Waals surface area contributed by atoms with Gasteiger partial charge >= 0.3 is 0 Å². The molecule has 0 aromatic carbocycles. The Morgan fingerprint density at radius 2 is 2.00 bits per heavy atom. The summed E-state index contributed by atoms with van der Waals surface area (Å²) in [5.41, 5.74) is 6.63. The van der Waals surface area contributed by atoms with Gasteiger partial charge in [-0.1, -0.05) is 26.1 Å². The molecule has 3 unspecified atom stereocenters. The summed E-state index contributed by atoms with van der Waals surface area (Å²) >= 11 is 0. The maximum absolute atomic E-state index is 6.32. The van der Waals surface area contributed by atoms with Crippen molar-refractivity contribution in [2.75, 3.05) is 0 Å². The van der Waals surface area contributed by atoms with Crippen molar-refractivity contribution < 1.29 is 4.43 Å². The Hall–Kier alpha value is 0.354. The summed E-state index contributed by atoms with van der Waals surface area (Å²) in [5.74, 6) is 0. The molecule has 0 amide bonds. The van der Waals surface area contributed by atoms with Crippen LogP contribution >= 0.6 is 0 Å². The Morgan fingerprint density at radius 3 is 2.50 bits per heavy atom. The Kier molecular flexibility index (Phi) is 3.62. The van der Waals surface area contributed by atoms with Gasteiger partial charge in [-0.05, 0) is 26.3 Å². The second kappa shape index (κ2) is 4.08. The van der Waals surface area contributed by atoms with Crippen LogP contribution in [0.1, 0.15) is 26.7 Å². The van der Waals surface area contributed by atoms with Crippen LogP contribution in [0.5, 0.6) is 0 Å². The summed E-state index contributed by atoms with van der Waals surface area (Å²) in [5, 5.41) is 0. The minimum atomic E-state index is -1.61. The van der Waals surface area contributed by atoms with Crippen LogP contribution in [0.25, 0.3) is 0 Å². The Bertz CT molecular complexity index is 210. The molecular weight excluding hydrogens is 206 g/mol. The molecule has 0 aliphatic carbocycles. The van der Waals surface area contributed by atoms with Crippen LogP contribution in [0.4, 0.5) is 0 Å². The largest absolute Gasteiger partial charge is 0.416 e. The number of nitrogens with two attached hydrogens (primary N) is 1. The van der Waals surface area contributed by atoms with E-state index in [0.717, 1.165) is 6.42 Å². The van der Waals surface area contributed by atoms with Crippen LogP contribution in [0.3, 0.4) is 0 Å². The molecule has 0 bridgehead atoms. The first-order valence-corrected chi connectivity index (χ1v) is 12.5. The van der Waals surface area contributed by atoms with Gasteiger partial charge in [0.05, 0.1) is 7.59 Å². The molecule has 1 aliphatic heterocycles. The van der Waals surface area contributed by atoms with Gasteiger partial charge in [-0.25, -0.2) is 0 Å². The fourth-order valence-corrected chi connectivity index (χ4v) is 14.4. The fourth-order valence-electron chi connectivity index (χ4n) is 2.43. The highest BCUT2D eigenvalue weighted by molar-refractivity contribution is 7.39. The standard InChI is InChI=1S/C10H25NOSi2/c1-6-10(11)14(5)12-9(2)7-8-13(14,3)4/h9-10H,6-8,11H2,1-5H3. The Labute approximate surface area is 90.1 Å². The third-order valence-electron chi connectivity index (χ3n) is 4.11. The van der Waals surface area contributed by atoms with E-state index in [1.165, 1.54) is 12.5 Å². The lowest BCUT2D eigenvalue weighted by Gasteiger charge is -2.49. The highest BCUT2D eigenvalue weighted by Gasteiger charge is 2.53. The quantitative estimate of drug-likeness (QED) is 0.741. The summed E-state index contributed by atoms with van der Waals surface area (Å²) < 4.78 is 6.32. The van der Waals surface area contributed by atoms with E-state index in [0.29, 0.717) is 11.8 Å². The molecular formula is C10H25NOSi2. The van der Waals surface area contributed by atoms with Crippen LogP contribution in [-0.4, -0.2) is 27.2 Å². The zero-order valence-corrected chi connectivity index (χ0v) is 12.3.